The number of rotatable bonds is 4. The highest BCUT2D eigenvalue weighted by Gasteiger charge is 2.09. The summed E-state index contributed by atoms with van der Waals surface area (Å²) in [7, 11) is 0. The second-order valence-electron chi connectivity index (χ2n) is 4.80. The summed E-state index contributed by atoms with van der Waals surface area (Å²) in [6.07, 6.45) is 2.89. The van der Waals surface area contributed by atoms with Gasteiger partial charge >= 0.3 is 0 Å². The van der Waals surface area contributed by atoms with Crippen LogP contribution in [-0.2, 0) is 6.42 Å². The molecule has 2 heteroatoms. The van der Waals surface area contributed by atoms with Gasteiger partial charge in [0.15, 0.2) is 0 Å². The van der Waals surface area contributed by atoms with Crippen molar-refractivity contribution >= 4 is 0 Å². The summed E-state index contributed by atoms with van der Waals surface area (Å²) in [5, 5.41) is 10.2. The lowest BCUT2D eigenvalue weighted by atomic mass is 9.99. The fourth-order valence-electron chi connectivity index (χ4n) is 2.20. The smallest absolute Gasteiger partial charge is 0.0794 e. The average Bonchev–Trinajstić information content (AvgIpc) is 2.36. The summed E-state index contributed by atoms with van der Waals surface area (Å²) < 4.78 is 0. The predicted molar refractivity (Wildman–Crippen MR) is 73.4 cm³/mol. The molecule has 1 atom stereocenters. The first-order valence-electron chi connectivity index (χ1n) is 6.31. The predicted octanol–water partition coefficient (Wildman–Crippen LogP) is 3.36. The fraction of sp³-hybridized carbons (Fsp3) is 0.312. The molecule has 0 radical (unpaired) electrons. The van der Waals surface area contributed by atoms with Crippen LogP contribution in [0, 0.1) is 13.8 Å². The van der Waals surface area contributed by atoms with Crippen LogP contribution in [0.2, 0.25) is 0 Å². The van der Waals surface area contributed by atoms with Crippen LogP contribution >= 0.6 is 0 Å². The molecule has 0 saturated heterocycles. The van der Waals surface area contributed by atoms with E-state index in [9.17, 15) is 5.11 Å². The minimum absolute atomic E-state index is 0.411. The zero-order valence-corrected chi connectivity index (χ0v) is 10.9. The maximum Gasteiger partial charge on any atom is 0.0794 e. The first kappa shape index (κ1) is 12.8. The molecular formula is C16H19NO. The van der Waals surface area contributed by atoms with E-state index < -0.39 is 6.10 Å². The maximum absolute atomic E-state index is 10.2. The first-order valence-corrected chi connectivity index (χ1v) is 6.31. The molecule has 1 aromatic carbocycles. The molecule has 0 bridgehead atoms. The van der Waals surface area contributed by atoms with Gasteiger partial charge in [0.25, 0.3) is 0 Å². The quantitative estimate of drug-likeness (QED) is 0.890. The molecule has 0 aliphatic heterocycles. The molecular weight excluding hydrogens is 222 g/mol. The van der Waals surface area contributed by atoms with E-state index in [2.05, 4.69) is 37.0 Å². The van der Waals surface area contributed by atoms with Crippen molar-refractivity contribution < 1.29 is 5.11 Å². The minimum Gasteiger partial charge on any atom is -0.388 e. The molecule has 1 unspecified atom stereocenters. The van der Waals surface area contributed by atoms with E-state index in [4.69, 9.17) is 0 Å². The Morgan fingerprint density at radius 2 is 1.83 bits per heavy atom. The second kappa shape index (κ2) is 5.78. The maximum atomic E-state index is 10.2. The third-order valence-corrected chi connectivity index (χ3v) is 3.03. The van der Waals surface area contributed by atoms with Gasteiger partial charge in [-0.2, -0.15) is 0 Å². The van der Waals surface area contributed by atoms with Crippen LogP contribution in [0.3, 0.4) is 0 Å². The average molecular weight is 241 g/mol. The van der Waals surface area contributed by atoms with E-state index in [0.717, 1.165) is 17.7 Å². The molecule has 18 heavy (non-hydrogen) atoms. The van der Waals surface area contributed by atoms with Crippen molar-refractivity contribution in [1.29, 1.82) is 0 Å². The van der Waals surface area contributed by atoms with E-state index in [-0.39, 0.29) is 0 Å². The summed E-state index contributed by atoms with van der Waals surface area (Å²) in [5.41, 5.74) is 4.42. The van der Waals surface area contributed by atoms with Gasteiger partial charge in [0.2, 0.25) is 0 Å². The third kappa shape index (κ3) is 3.41. The molecule has 0 fully saturated rings. The van der Waals surface area contributed by atoms with Crippen LogP contribution in [0.1, 0.15) is 34.9 Å². The minimum atomic E-state index is -0.411. The Bertz CT molecular complexity index is 488. The molecule has 1 N–H and O–H groups in total. The van der Waals surface area contributed by atoms with Gasteiger partial charge in [-0.25, -0.2) is 0 Å². The Kier molecular flexibility index (Phi) is 4.11. The van der Waals surface area contributed by atoms with Crippen molar-refractivity contribution in [1.82, 2.24) is 4.98 Å². The van der Waals surface area contributed by atoms with Gasteiger partial charge in [0.1, 0.15) is 0 Å². The summed E-state index contributed by atoms with van der Waals surface area (Å²) in [6.45, 7) is 4.12. The number of aliphatic hydroxyl groups excluding tert-OH is 1. The van der Waals surface area contributed by atoms with Crippen molar-refractivity contribution in [2.24, 2.45) is 0 Å². The number of pyridine rings is 1. The second-order valence-corrected chi connectivity index (χ2v) is 4.80. The molecule has 0 spiro atoms. The SMILES string of the molecule is Cc1cc(C)cc(C(O)CCc2ccccn2)c1. The number of aliphatic hydroxyl groups is 1. The van der Waals surface area contributed by atoms with Crippen LogP contribution < -0.4 is 0 Å². The van der Waals surface area contributed by atoms with E-state index in [1.807, 2.05) is 18.2 Å². The highest BCUT2D eigenvalue weighted by atomic mass is 16.3. The molecule has 0 saturated carbocycles. The van der Waals surface area contributed by atoms with Gasteiger partial charge in [0.05, 0.1) is 6.10 Å². The number of aromatic nitrogens is 1. The van der Waals surface area contributed by atoms with Crippen LogP contribution in [0.25, 0.3) is 0 Å². The van der Waals surface area contributed by atoms with Crippen molar-refractivity contribution in [3.8, 4) is 0 Å². The summed E-state index contributed by atoms with van der Waals surface area (Å²) in [4.78, 5) is 4.27. The highest BCUT2D eigenvalue weighted by Crippen LogP contribution is 2.21. The lowest BCUT2D eigenvalue weighted by molar-refractivity contribution is 0.167. The molecule has 94 valence electrons. The summed E-state index contributed by atoms with van der Waals surface area (Å²) in [6, 6.07) is 12.1. The lowest BCUT2D eigenvalue weighted by Gasteiger charge is -2.12. The number of aryl methyl sites for hydroxylation is 3. The fourth-order valence-corrected chi connectivity index (χ4v) is 2.20. The third-order valence-electron chi connectivity index (χ3n) is 3.03. The Labute approximate surface area is 108 Å². The summed E-state index contributed by atoms with van der Waals surface area (Å²) in [5.74, 6) is 0. The molecule has 0 aliphatic carbocycles. The van der Waals surface area contributed by atoms with Crippen molar-refractivity contribution in [2.75, 3.05) is 0 Å². The van der Waals surface area contributed by atoms with E-state index >= 15 is 0 Å². The van der Waals surface area contributed by atoms with Crippen LogP contribution in [0.4, 0.5) is 0 Å². The van der Waals surface area contributed by atoms with E-state index in [1.165, 1.54) is 11.1 Å². The topological polar surface area (TPSA) is 33.1 Å². The lowest BCUT2D eigenvalue weighted by Crippen LogP contribution is -2.01. The van der Waals surface area contributed by atoms with Gasteiger partial charge in [-0.05, 0) is 44.4 Å². The van der Waals surface area contributed by atoms with Crippen molar-refractivity contribution in [2.45, 2.75) is 32.8 Å². The molecule has 2 nitrogen and oxygen atoms in total. The van der Waals surface area contributed by atoms with Gasteiger partial charge in [0, 0.05) is 11.9 Å². The summed E-state index contributed by atoms with van der Waals surface area (Å²) >= 11 is 0. The largest absolute Gasteiger partial charge is 0.388 e. The standard InChI is InChI=1S/C16H19NO/c1-12-9-13(2)11-14(10-12)16(18)7-6-15-5-3-4-8-17-15/h3-5,8-11,16,18H,6-7H2,1-2H3. The molecule has 0 amide bonds. The Balaban J connectivity index is 2.01. The van der Waals surface area contributed by atoms with Gasteiger partial charge in [-0.1, -0.05) is 35.4 Å². The Morgan fingerprint density at radius 1 is 1.11 bits per heavy atom. The molecule has 2 aromatic rings. The van der Waals surface area contributed by atoms with Gasteiger partial charge in [-0.15, -0.1) is 0 Å². The van der Waals surface area contributed by atoms with Crippen LogP contribution in [-0.4, -0.2) is 10.1 Å². The zero-order chi connectivity index (χ0) is 13.0. The zero-order valence-electron chi connectivity index (χ0n) is 10.9. The van der Waals surface area contributed by atoms with Crippen molar-refractivity contribution in [3.05, 3.63) is 65.0 Å². The number of hydrogen-bond acceptors (Lipinski definition) is 2. The number of hydrogen-bond donors (Lipinski definition) is 1. The van der Waals surface area contributed by atoms with Crippen LogP contribution in [0.15, 0.2) is 42.6 Å². The number of benzene rings is 1. The van der Waals surface area contributed by atoms with E-state index in [0.29, 0.717) is 6.42 Å². The Hall–Kier alpha value is -1.67. The monoisotopic (exact) mass is 241 g/mol. The molecule has 2 rings (SSSR count). The van der Waals surface area contributed by atoms with Gasteiger partial charge in [-0.3, -0.25) is 4.98 Å². The highest BCUT2D eigenvalue weighted by molar-refractivity contribution is 5.30. The number of nitrogens with zero attached hydrogens (tertiary/aromatic N) is 1. The first-order chi connectivity index (χ1) is 8.65. The molecule has 1 aromatic heterocycles. The normalized spacial score (nSPS) is 12.4. The van der Waals surface area contributed by atoms with Crippen LogP contribution in [0.5, 0.6) is 0 Å². The van der Waals surface area contributed by atoms with E-state index in [1.54, 1.807) is 6.20 Å². The van der Waals surface area contributed by atoms with Gasteiger partial charge < -0.3 is 5.11 Å². The molecule has 1 heterocycles. The molecule has 0 aliphatic rings. The van der Waals surface area contributed by atoms with Crippen molar-refractivity contribution in [3.63, 3.8) is 0 Å². The Morgan fingerprint density at radius 3 is 2.44 bits per heavy atom.